The highest BCUT2D eigenvalue weighted by Gasteiger charge is 2.31. The lowest BCUT2D eigenvalue weighted by Gasteiger charge is -2.18. The van der Waals surface area contributed by atoms with Crippen LogP contribution in [0, 0.1) is 12.8 Å². The quantitative estimate of drug-likeness (QED) is 0.838. The topological polar surface area (TPSA) is 50.3 Å². The molecule has 1 atom stereocenters. The van der Waals surface area contributed by atoms with Crippen molar-refractivity contribution in [2.45, 2.75) is 20.3 Å². The van der Waals surface area contributed by atoms with Crippen molar-refractivity contribution < 1.29 is 9.59 Å². The van der Waals surface area contributed by atoms with Gasteiger partial charge in [-0.05, 0) is 24.5 Å². The summed E-state index contributed by atoms with van der Waals surface area (Å²) in [4.78, 5) is 28.8. The van der Waals surface area contributed by atoms with Gasteiger partial charge in [0.2, 0.25) is 5.91 Å². The van der Waals surface area contributed by atoms with Crippen LogP contribution in [0.1, 0.15) is 18.9 Å². The molecule has 0 N–H and O–H groups in total. The van der Waals surface area contributed by atoms with E-state index in [1.54, 1.807) is 19.3 Å². The summed E-state index contributed by atoms with van der Waals surface area (Å²) in [5, 5.41) is 0.112. The van der Waals surface area contributed by atoms with Crippen molar-refractivity contribution >= 4 is 28.5 Å². The van der Waals surface area contributed by atoms with Gasteiger partial charge in [-0.3, -0.25) is 14.6 Å². The van der Waals surface area contributed by atoms with E-state index in [-0.39, 0.29) is 16.9 Å². The number of thioether (sulfide) groups is 1. The number of pyridine rings is 1. The molecule has 1 aliphatic rings. The lowest BCUT2D eigenvalue weighted by molar-refractivity contribution is -0.117. The highest BCUT2D eigenvalue weighted by molar-refractivity contribution is 8.13. The van der Waals surface area contributed by atoms with Crippen molar-refractivity contribution in [1.82, 2.24) is 4.98 Å². The summed E-state index contributed by atoms with van der Waals surface area (Å²) in [6.07, 6.45) is 4.00. The average Bonchev–Trinajstić information content (AvgIpc) is 2.69. The number of anilines is 1. The van der Waals surface area contributed by atoms with Crippen LogP contribution in [0.5, 0.6) is 0 Å². The van der Waals surface area contributed by atoms with E-state index in [1.165, 1.54) is 11.8 Å². The van der Waals surface area contributed by atoms with Gasteiger partial charge >= 0.3 is 0 Å². The Morgan fingerprint density at radius 3 is 3.06 bits per heavy atom. The van der Waals surface area contributed by atoms with E-state index < -0.39 is 0 Å². The Balaban J connectivity index is 2.06. The van der Waals surface area contributed by atoms with Crippen molar-refractivity contribution in [3.05, 3.63) is 24.0 Å². The van der Waals surface area contributed by atoms with Crippen LogP contribution in [0.3, 0.4) is 0 Å². The van der Waals surface area contributed by atoms with Gasteiger partial charge < -0.3 is 4.90 Å². The van der Waals surface area contributed by atoms with Crippen molar-refractivity contribution in [2.24, 2.45) is 5.92 Å². The maximum atomic E-state index is 12.0. The Labute approximate surface area is 111 Å². The third-order valence-corrected chi connectivity index (χ3v) is 4.05. The molecular weight excluding hydrogens is 248 g/mol. The average molecular weight is 264 g/mol. The SMILES string of the molecule is CC(=O)SCC1CC(=O)N(c2ccncc2C)C1. The van der Waals surface area contributed by atoms with Gasteiger partial charge in [0, 0.05) is 43.7 Å². The summed E-state index contributed by atoms with van der Waals surface area (Å²) in [6, 6.07) is 1.87. The third kappa shape index (κ3) is 2.90. The first-order valence-corrected chi connectivity index (χ1v) is 6.91. The highest BCUT2D eigenvalue weighted by Crippen LogP contribution is 2.28. The Hall–Kier alpha value is -1.36. The Kier molecular flexibility index (Phi) is 4.01. The molecular formula is C13H16N2O2S. The smallest absolute Gasteiger partial charge is 0.227 e. The molecule has 1 saturated heterocycles. The second-order valence-corrected chi connectivity index (χ2v) is 5.74. The molecule has 1 aromatic rings. The van der Waals surface area contributed by atoms with Crippen LogP contribution in [-0.4, -0.2) is 28.3 Å². The third-order valence-electron chi connectivity index (χ3n) is 3.01. The predicted molar refractivity (Wildman–Crippen MR) is 72.6 cm³/mol. The minimum absolute atomic E-state index is 0.112. The van der Waals surface area contributed by atoms with Crippen LogP contribution >= 0.6 is 11.8 Å². The summed E-state index contributed by atoms with van der Waals surface area (Å²) >= 11 is 1.30. The van der Waals surface area contributed by atoms with Gasteiger partial charge in [-0.25, -0.2) is 0 Å². The second-order valence-electron chi connectivity index (χ2n) is 4.54. The number of aryl methyl sites for hydroxylation is 1. The van der Waals surface area contributed by atoms with Crippen LogP contribution in [0.2, 0.25) is 0 Å². The number of amides is 1. The Morgan fingerprint density at radius 1 is 1.61 bits per heavy atom. The minimum Gasteiger partial charge on any atom is -0.312 e. The number of hydrogen-bond donors (Lipinski definition) is 0. The van der Waals surface area contributed by atoms with E-state index in [0.29, 0.717) is 13.0 Å². The van der Waals surface area contributed by atoms with Gasteiger partial charge in [-0.1, -0.05) is 11.8 Å². The van der Waals surface area contributed by atoms with Gasteiger partial charge in [-0.2, -0.15) is 0 Å². The van der Waals surface area contributed by atoms with Crippen molar-refractivity contribution in [3.63, 3.8) is 0 Å². The molecule has 5 heteroatoms. The summed E-state index contributed by atoms with van der Waals surface area (Å²) in [6.45, 7) is 4.21. The molecule has 0 radical (unpaired) electrons. The zero-order chi connectivity index (χ0) is 13.1. The van der Waals surface area contributed by atoms with Crippen molar-refractivity contribution in [3.8, 4) is 0 Å². The summed E-state index contributed by atoms with van der Waals surface area (Å²) in [7, 11) is 0. The number of rotatable bonds is 3. The molecule has 1 amide bonds. The molecule has 0 aromatic carbocycles. The standard InChI is InChI=1S/C13H16N2O2S/c1-9-6-14-4-3-12(9)15-7-11(5-13(15)17)8-18-10(2)16/h3-4,6,11H,5,7-8H2,1-2H3. The molecule has 1 unspecified atom stereocenters. The fraction of sp³-hybridized carbons (Fsp3) is 0.462. The molecule has 4 nitrogen and oxygen atoms in total. The van der Waals surface area contributed by atoms with Gasteiger partial charge in [-0.15, -0.1) is 0 Å². The maximum absolute atomic E-state index is 12.0. The number of carbonyl (C=O) groups excluding carboxylic acids is 2. The molecule has 0 spiro atoms. The highest BCUT2D eigenvalue weighted by atomic mass is 32.2. The Bertz CT molecular complexity index is 476. The molecule has 2 rings (SSSR count). The molecule has 1 aromatic heterocycles. The fourth-order valence-electron chi connectivity index (χ4n) is 2.13. The number of nitrogens with zero attached hydrogens (tertiary/aromatic N) is 2. The number of aromatic nitrogens is 1. The maximum Gasteiger partial charge on any atom is 0.227 e. The van der Waals surface area contributed by atoms with Gasteiger partial charge in [0.1, 0.15) is 0 Å². The molecule has 0 aliphatic carbocycles. The summed E-state index contributed by atoms with van der Waals surface area (Å²) in [5.41, 5.74) is 1.94. The van der Waals surface area contributed by atoms with E-state index >= 15 is 0 Å². The molecule has 1 fully saturated rings. The molecule has 0 saturated carbocycles. The van der Waals surface area contributed by atoms with Gasteiger partial charge in [0.15, 0.2) is 5.12 Å². The zero-order valence-corrected chi connectivity index (χ0v) is 11.4. The second kappa shape index (κ2) is 5.52. The van der Waals surface area contributed by atoms with Crippen LogP contribution in [0.15, 0.2) is 18.5 Å². The van der Waals surface area contributed by atoms with Crippen molar-refractivity contribution in [2.75, 3.05) is 17.2 Å². The molecule has 18 heavy (non-hydrogen) atoms. The van der Waals surface area contributed by atoms with Gasteiger partial charge in [0.05, 0.1) is 0 Å². The lowest BCUT2D eigenvalue weighted by atomic mass is 10.1. The van der Waals surface area contributed by atoms with Gasteiger partial charge in [0.25, 0.3) is 0 Å². The molecule has 1 aliphatic heterocycles. The molecule has 0 bridgehead atoms. The van der Waals surface area contributed by atoms with E-state index in [0.717, 1.165) is 17.0 Å². The zero-order valence-electron chi connectivity index (χ0n) is 10.5. The van der Waals surface area contributed by atoms with E-state index in [4.69, 9.17) is 0 Å². The normalized spacial score (nSPS) is 19.3. The fourth-order valence-corrected chi connectivity index (χ4v) is 2.82. The lowest BCUT2D eigenvalue weighted by Crippen LogP contribution is -2.25. The monoisotopic (exact) mass is 264 g/mol. The van der Waals surface area contributed by atoms with Crippen molar-refractivity contribution in [1.29, 1.82) is 0 Å². The van der Waals surface area contributed by atoms with Crippen LogP contribution < -0.4 is 4.90 Å². The number of hydrogen-bond acceptors (Lipinski definition) is 4. The number of carbonyl (C=O) groups is 2. The summed E-state index contributed by atoms with van der Waals surface area (Å²) in [5.74, 6) is 1.12. The van der Waals surface area contributed by atoms with Crippen LogP contribution in [0.25, 0.3) is 0 Å². The largest absolute Gasteiger partial charge is 0.312 e. The van der Waals surface area contributed by atoms with E-state index in [2.05, 4.69) is 4.98 Å². The Morgan fingerprint density at radius 2 is 2.39 bits per heavy atom. The predicted octanol–water partition coefficient (Wildman–Crippen LogP) is 2.02. The van der Waals surface area contributed by atoms with E-state index in [1.807, 2.05) is 17.9 Å². The molecule has 96 valence electrons. The first-order chi connectivity index (χ1) is 8.58. The van der Waals surface area contributed by atoms with E-state index in [9.17, 15) is 9.59 Å². The first kappa shape index (κ1) is 13.1. The summed E-state index contributed by atoms with van der Waals surface area (Å²) < 4.78 is 0. The van der Waals surface area contributed by atoms with Crippen LogP contribution in [-0.2, 0) is 9.59 Å². The molecule has 2 heterocycles. The van der Waals surface area contributed by atoms with Crippen LogP contribution in [0.4, 0.5) is 5.69 Å². The first-order valence-electron chi connectivity index (χ1n) is 5.92. The minimum atomic E-state index is 0.112.